The highest BCUT2D eigenvalue weighted by Crippen LogP contribution is 2.55. The van der Waals surface area contributed by atoms with E-state index in [1.54, 1.807) is 44.9 Å². The number of hydrogen-bond acceptors (Lipinski definition) is 14. The fourth-order valence-electron chi connectivity index (χ4n) is 7.40. The average Bonchev–Trinajstić information content (AvgIpc) is 3.44. The van der Waals surface area contributed by atoms with Crippen LogP contribution in [0.4, 0.5) is 5.69 Å². The number of hydrazone groups is 1. The zero-order valence-corrected chi connectivity index (χ0v) is 34.5. The number of fused-ring (bicyclic) bond motifs is 14. The van der Waals surface area contributed by atoms with Gasteiger partial charge in [-0.25, -0.2) is 0 Å². The molecule has 15 nitrogen and oxygen atoms in total. The topological polar surface area (TPSA) is 217 Å². The SMILES string of the molecule is CCN(CC)/N=C/c1c2c(O)c3c(O)c(C)c4c(c3c1O)C(=O)[C@@](C)(O/C=C/[C@H](OC)[C@@H](C)[C@@H](OC(C)=O)[C@H](C)[C@H](O)[C@H](C)[C@@H](O)[C@@H](C)/C=C/C=C(/C)C(=O)N2)O4. The van der Waals surface area contributed by atoms with E-state index in [9.17, 15) is 39.9 Å². The van der Waals surface area contributed by atoms with Crippen molar-refractivity contribution in [1.29, 1.82) is 0 Å². The minimum Gasteiger partial charge on any atom is -0.507 e. The summed E-state index contributed by atoms with van der Waals surface area (Å²) < 4.78 is 23.5. The molecular weight excluding hydrogens is 738 g/mol. The van der Waals surface area contributed by atoms with Crippen molar-refractivity contribution in [2.24, 2.45) is 28.8 Å². The molecule has 2 aromatic rings. The zero-order valence-electron chi connectivity index (χ0n) is 34.5. The van der Waals surface area contributed by atoms with Crippen LogP contribution in [0.3, 0.4) is 0 Å². The van der Waals surface area contributed by atoms with Gasteiger partial charge >= 0.3 is 11.8 Å². The molecule has 0 saturated carbocycles. The Morgan fingerprint density at radius 3 is 2.21 bits per heavy atom. The van der Waals surface area contributed by atoms with E-state index in [1.807, 2.05) is 13.8 Å². The first-order valence-electron chi connectivity index (χ1n) is 19.1. The van der Waals surface area contributed by atoms with E-state index in [0.717, 1.165) is 0 Å². The molecule has 0 unspecified atom stereocenters. The van der Waals surface area contributed by atoms with E-state index in [0.29, 0.717) is 13.1 Å². The smallest absolute Gasteiger partial charge is 0.312 e. The van der Waals surface area contributed by atoms with Gasteiger partial charge in [0.1, 0.15) is 23.4 Å². The standard InChI is InChI=1S/C42H57N3O12/c1-12-45(13-2)43-19-27-32-37(51)30-29(36(27)50)31-39(25(8)35(30)49)57-42(10,40(31)52)55-18-17-28(54-11)22(5)38(56-26(9)46)24(7)34(48)23(6)33(47)20(3)15-14-16-21(4)41(53)44-32/h14-20,22-24,28,33-34,38,47-51H,12-13H2,1-11H3,(H,44,53)/b15-14+,18-17+,21-16-,43-19+/t20-,22+,23+,24+,28-,33-,34+,38+,42-/m0/s1. The summed E-state index contributed by atoms with van der Waals surface area (Å²) in [5.41, 5.74) is -0.392. The fraction of sp³-hybridized carbons (Fsp3) is 0.524. The summed E-state index contributed by atoms with van der Waals surface area (Å²) in [6, 6.07) is 0. The van der Waals surface area contributed by atoms with Crippen molar-refractivity contribution < 1.29 is 58.9 Å². The molecule has 5 rings (SSSR count). The molecule has 2 aromatic carbocycles. The summed E-state index contributed by atoms with van der Waals surface area (Å²) >= 11 is 0. The van der Waals surface area contributed by atoms with Gasteiger partial charge in [0.25, 0.3) is 11.7 Å². The van der Waals surface area contributed by atoms with Crippen molar-refractivity contribution >= 4 is 40.3 Å². The van der Waals surface area contributed by atoms with Gasteiger partial charge in [0.15, 0.2) is 5.75 Å². The zero-order chi connectivity index (χ0) is 42.7. The third-order valence-corrected chi connectivity index (χ3v) is 11.1. The molecule has 0 aliphatic carbocycles. The molecule has 0 fully saturated rings. The maximum absolute atomic E-state index is 14.4. The maximum Gasteiger partial charge on any atom is 0.312 e. The molecule has 3 aliphatic heterocycles. The summed E-state index contributed by atoms with van der Waals surface area (Å²) in [6.45, 7) is 17.2. The quantitative estimate of drug-likeness (QED) is 0.0708. The number of esters is 1. The number of carbonyl (C=O) groups is 3. The van der Waals surface area contributed by atoms with E-state index >= 15 is 0 Å². The minimum absolute atomic E-state index is 0.0520. The van der Waals surface area contributed by atoms with Crippen LogP contribution in [0.5, 0.6) is 23.0 Å². The van der Waals surface area contributed by atoms with Crippen molar-refractivity contribution in [3.8, 4) is 23.0 Å². The van der Waals surface area contributed by atoms with E-state index < -0.39 is 88.8 Å². The number of anilines is 1. The fourth-order valence-corrected chi connectivity index (χ4v) is 7.40. The molecule has 0 spiro atoms. The number of Topliss-reactive ketones (excluding diaryl/α,β-unsaturated/α-hetero) is 1. The molecule has 9 atom stereocenters. The van der Waals surface area contributed by atoms with Crippen LogP contribution in [0.15, 0.2) is 41.2 Å². The number of benzene rings is 2. The highest BCUT2D eigenvalue weighted by molar-refractivity contribution is 6.23. The van der Waals surface area contributed by atoms with E-state index in [4.69, 9.17) is 18.9 Å². The third-order valence-electron chi connectivity index (χ3n) is 11.1. The number of aliphatic hydroxyl groups is 2. The van der Waals surface area contributed by atoms with Crippen molar-refractivity contribution in [2.75, 3.05) is 25.5 Å². The molecule has 3 aliphatic rings. The Hall–Kier alpha value is -5.12. The van der Waals surface area contributed by atoms with Crippen LogP contribution in [0.25, 0.3) is 10.8 Å². The van der Waals surface area contributed by atoms with Gasteiger partial charge in [-0.15, -0.1) is 0 Å². The maximum atomic E-state index is 14.4. The predicted molar refractivity (Wildman–Crippen MR) is 214 cm³/mol. The minimum atomic E-state index is -2.04. The number of amides is 1. The number of hydrogen-bond donors (Lipinski definition) is 6. The third kappa shape index (κ3) is 8.75. The number of methoxy groups -OCH3 is 1. The molecule has 15 heteroatoms. The summed E-state index contributed by atoms with van der Waals surface area (Å²) in [5, 5.41) is 66.3. The Morgan fingerprint density at radius 1 is 0.965 bits per heavy atom. The highest BCUT2D eigenvalue weighted by Gasteiger charge is 2.50. The Kier molecular flexibility index (Phi) is 14.1. The molecule has 6 N–H and O–H groups in total. The molecule has 0 aromatic heterocycles. The van der Waals surface area contributed by atoms with E-state index in [1.165, 1.54) is 59.4 Å². The number of phenolic OH excluding ortho intramolecular Hbond substituents is 3. The molecule has 312 valence electrons. The molecule has 1 amide bonds. The molecule has 0 radical (unpaired) electrons. The van der Waals surface area contributed by atoms with Crippen LogP contribution in [-0.4, -0.2) is 105 Å². The van der Waals surface area contributed by atoms with E-state index in [-0.39, 0.29) is 44.5 Å². The molecule has 0 saturated heterocycles. The Labute approximate surface area is 333 Å². The predicted octanol–water partition coefficient (Wildman–Crippen LogP) is 5.43. The first-order chi connectivity index (χ1) is 26.8. The Morgan fingerprint density at radius 2 is 1.61 bits per heavy atom. The lowest BCUT2D eigenvalue weighted by atomic mass is 9.78. The number of nitrogens with one attached hydrogen (secondary N) is 1. The number of ketones is 1. The van der Waals surface area contributed by atoms with Gasteiger partial charge in [-0.05, 0) is 33.8 Å². The van der Waals surface area contributed by atoms with Crippen LogP contribution < -0.4 is 10.1 Å². The normalized spacial score (nSPS) is 30.7. The number of carbonyl (C=O) groups excluding carboxylic acids is 3. The van der Waals surface area contributed by atoms with Crippen LogP contribution >= 0.6 is 0 Å². The van der Waals surface area contributed by atoms with Gasteiger partial charge in [0, 0.05) is 74.2 Å². The largest absolute Gasteiger partial charge is 0.507 e. The van der Waals surface area contributed by atoms with E-state index in [2.05, 4.69) is 10.4 Å². The van der Waals surface area contributed by atoms with Crippen LogP contribution in [0, 0.1) is 30.6 Å². The van der Waals surface area contributed by atoms with Gasteiger partial charge < -0.3 is 49.8 Å². The molecule has 3 heterocycles. The molecule has 5 bridgehead atoms. The van der Waals surface area contributed by atoms with Gasteiger partial charge in [-0.1, -0.05) is 45.9 Å². The summed E-state index contributed by atoms with van der Waals surface area (Å²) in [5.74, 6) is -8.38. The first-order valence-corrected chi connectivity index (χ1v) is 19.1. The lowest BCUT2D eigenvalue weighted by molar-refractivity contribution is -0.160. The lowest BCUT2D eigenvalue weighted by Crippen LogP contribution is -2.46. The lowest BCUT2D eigenvalue weighted by Gasteiger charge is -2.38. The van der Waals surface area contributed by atoms with Gasteiger partial charge in [0.2, 0.25) is 0 Å². The number of rotatable bonds is 6. The van der Waals surface area contributed by atoms with Crippen LogP contribution in [0.2, 0.25) is 0 Å². The second-order valence-corrected chi connectivity index (χ2v) is 15.0. The van der Waals surface area contributed by atoms with Crippen LogP contribution in [-0.2, 0) is 23.8 Å². The van der Waals surface area contributed by atoms with Crippen molar-refractivity contribution in [3.63, 3.8) is 0 Å². The Bertz CT molecular complexity index is 1990. The number of nitrogens with zero attached hydrogens (tertiary/aromatic N) is 2. The second-order valence-electron chi connectivity index (χ2n) is 15.0. The first kappa shape index (κ1) is 44.6. The van der Waals surface area contributed by atoms with Crippen molar-refractivity contribution in [1.82, 2.24) is 5.01 Å². The summed E-state index contributed by atoms with van der Waals surface area (Å²) in [7, 11) is 1.43. The number of phenols is 3. The second kappa shape index (κ2) is 18.0. The average molecular weight is 796 g/mol. The molecular formula is C42H57N3O12. The van der Waals surface area contributed by atoms with Gasteiger partial charge in [0.05, 0.1) is 53.0 Å². The van der Waals surface area contributed by atoms with Crippen LogP contribution in [0.1, 0.15) is 83.8 Å². The molecule has 57 heavy (non-hydrogen) atoms. The monoisotopic (exact) mass is 795 g/mol. The highest BCUT2D eigenvalue weighted by atomic mass is 16.7. The number of ether oxygens (including phenoxy) is 4. The number of allylic oxidation sites excluding steroid dienone is 2. The van der Waals surface area contributed by atoms with Gasteiger partial charge in [-0.2, -0.15) is 5.10 Å². The number of aromatic hydroxyl groups is 3. The van der Waals surface area contributed by atoms with Crippen molar-refractivity contribution in [3.05, 3.63) is 52.8 Å². The Balaban J connectivity index is 1.99. The summed E-state index contributed by atoms with van der Waals surface area (Å²) in [4.78, 5) is 40.3. The van der Waals surface area contributed by atoms with Crippen molar-refractivity contribution in [2.45, 2.75) is 99.4 Å². The number of aliphatic hydroxyl groups excluding tert-OH is 2. The summed E-state index contributed by atoms with van der Waals surface area (Å²) in [6.07, 6.45) is 4.79. The van der Waals surface area contributed by atoms with Gasteiger partial charge in [-0.3, -0.25) is 19.4 Å².